The molecule has 1 heterocycles. The third-order valence-electron chi connectivity index (χ3n) is 3.25. The van der Waals surface area contributed by atoms with E-state index in [9.17, 15) is 9.59 Å². The van der Waals surface area contributed by atoms with Crippen LogP contribution in [0.4, 0.5) is 15.3 Å². The molecule has 0 aliphatic heterocycles. The summed E-state index contributed by atoms with van der Waals surface area (Å²) < 4.78 is 10.6. The molecule has 2 amide bonds. The first kappa shape index (κ1) is 21.2. The van der Waals surface area contributed by atoms with Crippen molar-refractivity contribution in [2.45, 2.75) is 52.7 Å². The fourth-order valence-electron chi connectivity index (χ4n) is 2.21. The number of hydrazine groups is 1. The Morgan fingerprint density at radius 1 is 0.893 bits per heavy atom. The fraction of sp³-hybridized carbons (Fsp3) is 0.381. The van der Waals surface area contributed by atoms with Gasteiger partial charge in [-0.05, 0) is 53.7 Å². The Kier molecular flexibility index (Phi) is 6.28. The highest BCUT2D eigenvalue weighted by Gasteiger charge is 2.27. The van der Waals surface area contributed by atoms with Crippen LogP contribution >= 0.6 is 0 Å². The standard InChI is InChI=1S/C21H27N3O4/c1-20(2,3)27-18(25)23-24(19(26)28-21(4,5)6)16-12-13-17(22-14-16)15-10-8-7-9-11-15/h7-14H,1-6H3,(H,23,25). The van der Waals surface area contributed by atoms with Crippen LogP contribution in [0, 0.1) is 0 Å². The van der Waals surface area contributed by atoms with Gasteiger partial charge in [0.15, 0.2) is 0 Å². The molecule has 0 bridgehead atoms. The molecular weight excluding hydrogens is 358 g/mol. The number of ether oxygens (including phenoxy) is 2. The van der Waals surface area contributed by atoms with Gasteiger partial charge in [0, 0.05) is 5.56 Å². The predicted molar refractivity (Wildman–Crippen MR) is 108 cm³/mol. The SMILES string of the molecule is CC(C)(C)OC(=O)NN(C(=O)OC(C)(C)C)c1ccc(-c2ccccc2)nc1. The first-order chi connectivity index (χ1) is 12.9. The third kappa shape index (κ3) is 6.57. The molecule has 1 aromatic heterocycles. The van der Waals surface area contributed by atoms with Gasteiger partial charge in [0.05, 0.1) is 17.6 Å². The molecular formula is C21H27N3O4. The number of aromatic nitrogens is 1. The van der Waals surface area contributed by atoms with Crippen LogP contribution in [0.5, 0.6) is 0 Å². The predicted octanol–water partition coefficient (Wildman–Crippen LogP) is 4.93. The van der Waals surface area contributed by atoms with Crippen LogP contribution in [-0.2, 0) is 9.47 Å². The molecule has 0 saturated heterocycles. The third-order valence-corrected chi connectivity index (χ3v) is 3.25. The van der Waals surface area contributed by atoms with Crippen LogP contribution in [0.25, 0.3) is 11.3 Å². The monoisotopic (exact) mass is 385 g/mol. The maximum Gasteiger partial charge on any atom is 0.434 e. The second kappa shape index (κ2) is 8.29. The highest BCUT2D eigenvalue weighted by molar-refractivity contribution is 5.90. The van der Waals surface area contributed by atoms with E-state index in [1.165, 1.54) is 6.20 Å². The van der Waals surface area contributed by atoms with E-state index in [1.54, 1.807) is 53.7 Å². The smallest absolute Gasteiger partial charge is 0.434 e. The normalized spacial score (nSPS) is 11.5. The first-order valence-corrected chi connectivity index (χ1v) is 8.99. The van der Waals surface area contributed by atoms with Crippen molar-refractivity contribution in [2.24, 2.45) is 0 Å². The van der Waals surface area contributed by atoms with Gasteiger partial charge >= 0.3 is 12.2 Å². The maximum absolute atomic E-state index is 12.6. The summed E-state index contributed by atoms with van der Waals surface area (Å²) in [6, 6.07) is 13.1. The van der Waals surface area contributed by atoms with Crippen molar-refractivity contribution in [3.05, 3.63) is 48.7 Å². The molecule has 7 nitrogen and oxygen atoms in total. The molecule has 0 unspecified atom stereocenters. The zero-order valence-electron chi connectivity index (χ0n) is 17.1. The summed E-state index contributed by atoms with van der Waals surface area (Å²) >= 11 is 0. The van der Waals surface area contributed by atoms with Crippen LogP contribution in [0.15, 0.2) is 48.7 Å². The maximum atomic E-state index is 12.6. The van der Waals surface area contributed by atoms with E-state index in [-0.39, 0.29) is 0 Å². The minimum atomic E-state index is -0.773. The van der Waals surface area contributed by atoms with Crippen LogP contribution in [0.2, 0.25) is 0 Å². The summed E-state index contributed by atoms with van der Waals surface area (Å²) in [5.74, 6) is 0. The van der Waals surface area contributed by atoms with Crippen LogP contribution < -0.4 is 10.4 Å². The number of nitrogens with zero attached hydrogens (tertiary/aromatic N) is 2. The molecule has 2 rings (SSSR count). The number of pyridine rings is 1. The van der Waals surface area contributed by atoms with Gasteiger partial charge in [-0.15, -0.1) is 0 Å². The summed E-state index contributed by atoms with van der Waals surface area (Å²) in [7, 11) is 0. The summed E-state index contributed by atoms with van der Waals surface area (Å²) in [5.41, 5.74) is 3.02. The fourth-order valence-corrected chi connectivity index (χ4v) is 2.21. The van der Waals surface area contributed by atoms with E-state index < -0.39 is 23.4 Å². The van der Waals surface area contributed by atoms with Gasteiger partial charge in [-0.3, -0.25) is 4.98 Å². The van der Waals surface area contributed by atoms with Crippen molar-refractivity contribution in [3.8, 4) is 11.3 Å². The van der Waals surface area contributed by atoms with Gasteiger partial charge in [0.25, 0.3) is 0 Å². The highest BCUT2D eigenvalue weighted by atomic mass is 16.6. The van der Waals surface area contributed by atoms with E-state index in [0.717, 1.165) is 16.3 Å². The lowest BCUT2D eigenvalue weighted by molar-refractivity contribution is 0.0425. The number of rotatable bonds is 2. The first-order valence-electron chi connectivity index (χ1n) is 8.99. The number of amides is 2. The van der Waals surface area contributed by atoms with E-state index in [0.29, 0.717) is 5.69 Å². The largest absolute Gasteiger partial charge is 0.443 e. The molecule has 1 N–H and O–H groups in total. The Bertz CT molecular complexity index is 806. The summed E-state index contributed by atoms with van der Waals surface area (Å²) in [6.45, 7) is 10.4. The average molecular weight is 385 g/mol. The Balaban J connectivity index is 2.27. The van der Waals surface area contributed by atoms with Crippen LogP contribution in [0.1, 0.15) is 41.5 Å². The Morgan fingerprint density at radius 2 is 1.50 bits per heavy atom. The molecule has 0 saturated carbocycles. The molecule has 0 spiro atoms. The number of carbonyl (C=O) groups excluding carboxylic acids is 2. The lowest BCUT2D eigenvalue weighted by Crippen LogP contribution is -2.50. The van der Waals surface area contributed by atoms with Crippen molar-refractivity contribution in [3.63, 3.8) is 0 Å². The highest BCUT2D eigenvalue weighted by Crippen LogP contribution is 2.21. The number of hydrogen-bond donors (Lipinski definition) is 1. The summed E-state index contributed by atoms with van der Waals surface area (Å²) in [4.78, 5) is 29.2. The Labute approximate surface area is 165 Å². The average Bonchev–Trinajstić information content (AvgIpc) is 2.57. The zero-order valence-corrected chi connectivity index (χ0v) is 17.1. The molecule has 0 atom stereocenters. The van der Waals surface area contributed by atoms with Crippen molar-refractivity contribution >= 4 is 17.9 Å². The quantitative estimate of drug-likeness (QED) is 0.741. The molecule has 2 aromatic rings. The molecule has 28 heavy (non-hydrogen) atoms. The second-order valence-electron chi connectivity index (χ2n) is 8.20. The lowest BCUT2D eigenvalue weighted by atomic mass is 10.1. The van der Waals surface area contributed by atoms with E-state index in [2.05, 4.69) is 10.4 Å². The molecule has 0 aliphatic rings. The molecule has 1 aromatic carbocycles. The lowest BCUT2D eigenvalue weighted by Gasteiger charge is -2.28. The topological polar surface area (TPSA) is 80.8 Å². The second-order valence-corrected chi connectivity index (χ2v) is 8.20. The van der Waals surface area contributed by atoms with Crippen LogP contribution in [-0.4, -0.2) is 28.4 Å². The van der Waals surface area contributed by atoms with Gasteiger partial charge < -0.3 is 9.47 Å². The molecule has 0 radical (unpaired) electrons. The zero-order chi connectivity index (χ0) is 20.9. The van der Waals surface area contributed by atoms with E-state index in [1.807, 2.05) is 30.3 Å². The summed E-state index contributed by atoms with van der Waals surface area (Å²) in [6.07, 6.45) is -0.0259. The minimum absolute atomic E-state index is 0.347. The van der Waals surface area contributed by atoms with Gasteiger partial charge in [-0.1, -0.05) is 30.3 Å². The van der Waals surface area contributed by atoms with Gasteiger partial charge in [0.2, 0.25) is 0 Å². The Hall–Kier alpha value is -3.09. The molecule has 7 heteroatoms. The minimum Gasteiger partial charge on any atom is -0.443 e. The van der Waals surface area contributed by atoms with Gasteiger partial charge in [-0.2, -0.15) is 5.01 Å². The summed E-state index contributed by atoms with van der Waals surface area (Å²) in [5, 5.41) is 0.987. The number of benzene rings is 1. The van der Waals surface area contributed by atoms with Gasteiger partial charge in [-0.25, -0.2) is 15.0 Å². The van der Waals surface area contributed by atoms with Gasteiger partial charge in [0.1, 0.15) is 11.2 Å². The number of nitrogens with one attached hydrogen (secondary N) is 1. The van der Waals surface area contributed by atoms with Crippen molar-refractivity contribution in [2.75, 3.05) is 5.01 Å². The Morgan fingerprint density at radius 3 is 2.00 bits per heavy atom. The van der Waals surface area contributed by atoms with Crippen molar-refractivity contribution in [1.29, 1.82) is 0 Å². The van der Waals surface area contributed by atoms with Crippen LogP contribution in [0.3, 0.4) is 0 Å². The van der Waals surface area contributed by atoms with E-state index in [4.69, 9.17) is 9.47 Å². The number of hydrogen-bond acceptors (Lipinski definition) is 5. The number of carbonyl (C=O) groups is 2. The molecule has 150 valence electrons. The van der Waals surface area contributed by atoms with Crippen molar-refractivity contribution < 1.29 is 19.1 Å². The van der Waals surface area contributed by atoms with Crippen molar-refractivity contribution in [1.82, 2.24) is 10.4 Å². The molecule has 0 fully saturated rings. The van der Waals surface area contributed by atoms with E-state index >= 15 is 0 Å². The molecule has 0 aliphatic carbocycles. The number of anilines is 1.